The molecule has 0 aromatic heterocycles. The molecule has 296 valence electrons. The van der Waals surface area contributed by atoms with Crippen LogP contribution in [0.3, 0.4) is 0 Å². The Hall–Kier alpha value is -3.26. The van der Waals surface area contributed by atoms with Crippen molar-refractivity contribution in [1.29, 1.82) is 0 Å². The number of benzene rings is 2. The van der Waals surface area contributed by atoms with Crippen LogP contribution >= 0.6 is 0 Å². The summed E-state index contributed by atoms with van der Waals surface area (Å²) in [6.07, 6.45) is 8.36. The molecule has 8 unspecified atom stereocenters. The first-order chi connectivity index (χ1) is 26.5. The second-order valence-corrected chi connectivity index (χ2v) is 16.6. The summed E-state index contributed by atoms with van der Waals surface area (Å²) < 4.78 is 0. The molecule has 0 aliphatic carbocycles. The van der Waals surface area contributed by atoms with Crippen LogP contribution in [0.15, 0.2) is 48.5 Å². The highest BCUT2D eigenvalue weighted by atomic mass is 16.2. The summed E-state index contributed by atoms with van der Waals surface area (Å²) in [5.41, 5.74) is 16.5. The molecule has 0 spiro atoms. The van der Waals surface area contributed by atoms with E-state index in [4.69, 9.17) is 11.5 Å². The number of piperidine rings is 4. The van der Waals surface area contributed by atoms with E-state index < -0.39 is 0 Å². The van der Waals surface area contributed by atoms with Crippen molar-refractivity contribution in [3.8, 4) is 0 Å². The van der Waals surface area contributed by atoms with Gasteiger partial charge in [-0.05, 0) is 113 Å². The molecule has 0 radical (unpaired) electrons. The minimum Gasteiger partial charge on any atom is -0.380 e. The monoisotopic (exact) mass is 743 g/mol. The number of hydrogen-bond donors (Lipinski definition) is 8. The molecule has 6 aliphatic heterocycles. The number of carbonyl (C=O) groups excluding carboxylic acids is 2. The smallest absolute Gasteiger partial charge is 0.239 e. The molecule has 2 amide bonds. The predicted molar refractivity (Wildman–Crippen MR) is 218 cm³/mol. The molecule has 8 rings (SSSR count). The first kappa shape index (κ1) is 39.0. The molecule has 0 saturated carbocycles. The number of nitrogens with zero attached hydrogens (tertiary/aromatic N) is 2. The third-order valence-electron chi connectivity index (χ3n) is 12.8. The van der Waals surface area contributed by atoms with Gasteiger partial charge in [0, 0.05) is 87.1 Å². The maximum atomic E-state index is 13.2. The molecule has 2 aromatic rings. The van der Waals surface area contributed by atoms with Gasteiger partial charge in [0.15, 0.2) is 0 Å². The zero-order valence-electron chi connectivity index (χ0n) is 32.2. The Morgan fingerprint density at radius 3 is 2.19 bits per heavy atom. The first-order valence-corrected chi connectivity index (χ1v) is 21.1. The van der Waals surface area contributed by atoms with Gasteiger partial charge in [-0.25, -0.2) is 0 Å². The number of anilines is 2. The number of nitrogens with one attached hydrogen (secondary N) is 6. The van der Waals surface area contributed by atoms with Crippen LogP contribution in [-0.2, 0) is 9.59 Å². The normalized spacial score (nSPS) is 30.0. The molecule has 12 heteroatoms. The van der Waals surface area contributed by atoms with E-state index in [9.17, 15) is 9.59 Å². The minimum absolute atomic E-state index is 0.0523. The molecular weight excluding hydrogens is 677 g/mol. The molecule has 12 nitrogen and oxygen atoms in total. The fourth-order valence-electron chi connectivity index (χ4n) is 9.92. The Balaban J connectivity index is 0.000000167. The van der Waals surface area contributed by atoms with Gasteiger partial charge >= 0.3 is 0 Å². The number of para-hydroxylation sites is 2. The van der Waals surface area contributed by atoms with Gasteiger partial charge in [0.05, 0.1) is 12.0 Å². The van der Waals surface area contributed by atoms with E-state index in [1.807, 2.05) is 11.0 Å². The van der Waals surface area contributed by atoms with Crippen molar-refractivity contribution in [2.45, 2.75) is 87.4 Å². The highest BCUT2D eigenvalue weighted by Crippen LogP contribution is 2.41. The first-order valence-electron chi connectivity index (χ1n) is 21.1. The number of nitrogens with two attached hydrogens (primary N) is 2. The predicted octanol–water partition coefficient (Wildman–Crippen LogP) is 2.21. The average Bonchev–Trinajstić information content (AvgIpc) is 3.77. The Morgan fingerprint density at radius 1 is 0.778 bits per heavy atom. The Morgan fingerprint density at radius 2 is 1.44 bits per heavy atom. The number of fused-ring (bicyclic) bond motifs is 6. The highest BCUT2D eigenvalue weighted by Gasteiger charge is 2.42. The molecule has 4 saturated heterocycles. The number of rotatable bonds is 12. The number of likely N-dealkylation sites (tertiary alicyclic amines) is 2. The number of amides is 2. The molecule has 6 heterocycles. The summed E-state index contributed by atoms with van der Waals surface area (Å²) in [5, 5.41) is 21.1. The zero-order valence-corrected chi connectivity index (χ0v) is 32.2. The molecule has 2 aromatic carbocycles. The zero-order chi connectivity index (χ0) is 37.3. The third kappa shape index (κ3) is 9.57. The lowest BCUT2D eigenvalue weighted by Gasteiger charge is -2.39. The molecule has 8 atom stereocenters. The fraction of sp³-hybridized carbons (Fsp3) is 0.667. The summed E-state index contributed by atoms with van der Waals surface area (Å²) in [5.74, 6) is 1.92. The Labute approximate surface area is 322 Å². The quantitative estimate of drug-likeness (QED) is 0.151. The van der Waals surface area contributed by atoms with E-state index in [1.54, 1.807) is 0 Å². The van der Waals surface area contributed by atoms with E-state index in [1.165, 1.54) is 61.4 Å². The van der Waals surface area contributed by atoms with Crippen LogP contribution in [0.4, 0.5) is 11.4 Å². The van der Waals surface area contributed by atoms with Gasteiger partial charge in [0.25, 0.3) is 0 Å². The molecule has 6 aliphatic rings. The van der Waals surface area contributed by atoms with Crippen LogP contribution in [0.2, 0.25) is 0 Å². The largest absolute Gasteiger partial charge is 0.380 e. The van der Waals surface area contributed by atoms with Crippen LogP contribution in [0.1, 0.15) is 74.3 Å². The minimum atomic E-state index is -0.173. The van der Waals surface area contributed by atoms with Crippen LogP contribution in [0, 0.1) is 11.8 Å². The topological polar surface area (TPSA) is 165 Å². The summed E-state index contributed by atoms with van der Waals surface area (Å²) in [6.45, 7) is 11.0. The van der Waals surface area contributed by atoms with Crippen molar-refractivity contribution in [3.63, 3.8) is 0 Å². The van der Waals surface area contributed by atoms with Gasteiger partial charge < -0.3 is 53.2 Å². The van der Waals surface area contributed by atoms with Gasteiger partial charge in [0.2, 0.25) is 11.8 Å². The molecule has 4 fully saturated rings. The van der Waals surface area contributed by atoms with Crippen LogP contribution in [-0.4, -0.2) is 124 Å². The second kappa shape index (κ2) is 19.1. The highest BCUT2D eigenvalue weighted by molar-refractivity contribution is 5.84. The van der Waals surface area contributed by atoms with Gasteiger partial charge in [-0.3, -0.25) is 9.59 Å². The fourth-order valence-corrected chi connectivity index (χ4v) is 9.92. The summed E-state index contributed by atoms with van der Waals surface area (Å²) in [6, 6.07) is 18.7. The van der Waals surface area contributed by atoms with Crippen molar-refractivity contribution in [2.75, 3.05) is 89.2 Å². The molecule has 54 heavy (non-hydrogen) atoms. The number of carbonyl (C=O) groups is 2. The van der Waals surface area contributed by atoms with Gasteiger partial charge in [0.1, 0.15) is 0 Å². The summed E-state index contributed by atoms with van der Waals surface area (Å²) in [4.78, 5) is 30.2. The van der Waals surface area contributed by atoms with E-state index in [0.29, 0.717) is 49.6 Å². The lowest BCUT2D eigenvalue weighted by atomic mass is 9.84. The molecular formula is C42H66N10O2. The summed E-state index contributed by atoms with van der Waals surface area (Å²) >= 11 is 0. The van der Waals surface area contributed by atoms with E-state index in [2.05, 4.69) is 79.3 Å². The van der Waals surface area contributed by atoms with E-state index in [-0.39, 0.29) is 23.8 Å². The van der Waals surface area contributed by atoms with E-state index >= 15 is 0 Å². The maximum Gasteiger partial charge on any atom is 0.239 e. The number of hydrogen-bond acceptors (Lipinski definition) is 10. The van der Waals surface area contributed by atoms with Crippen molar-refractivity contribution in [2.24, 2.45) is 23.3 Å². The molecule has 10 N–H and O–H groups in total. The standard InChI is InChI=1S/C21H31N5O2.C21H35N5/c22-8-4-9-23-20(27)14-5-3-10-26(13-14)21(28)18-11-16-15-6-1-2-7-17(15)25-19(16)12-24-18;22-8-4-9-23-12-16-5-3-10-26(14-16)15-17-11-19-18-6-1-2-7-20(18)25-21(19)13-24-17/h1-2,6-7,14,16,18-19,24-25H,3-5,8-13,22H2,(H,23,27);1-2,6-7,16-17,19,21,23-25H,3-5,8-15,22H2. The van der Waals surface area contributed by atoms with E-state index in [0.717, 1.165) is 77.3 Å². The third-order valence-corrected chi connectivity index (χ3v) is 12.8. The second-order valence-electron chi connectivity index (χ2n) is 16.6. The SMILES string of the molecule is NCCCNC(=O)C1CCCN(C(=O)C2CC3c4ccccc4NC3CN2)C1.NCCCNCC1CCCN(CC2CC3c4ccccc4NC3CN2)C1. The van der Waals surface area contributed by atoms with Gasteiger partial charge in [-0.2, -0.15) is 0 Å². The van der Waals surface area contributed by atoms with Gasteiger partial charge in [-0.1, -0.05) is 36.4 Å². The van der Waals surface area contributed by atoms with Crippen molar-refractivity contribution in [1.82, 2.24) is 31.1 Å². The summed E-state index contributed by atoms with van der Waals surface area (Å²) in [7, 11) is 0. The lowest BCUT2D eigenvalue weighted by Crippen LogP contribution is -2.56. The van der Waals surface area contributed by atoms with Crippen molar-refractivity contribution < 1.29 is 9.59 Å². The van der Waals surface area contributed by atoms with Gasteiger partial charge in [-0.15, -0.1) is 0 Å². The molecule has 0 bridgehead atoms. The van der Waals surface area contributed by atoms with Crippen LogP contribution in [0.5, 0.6) is 0 Å². The maximum absolute atomic E-state index is 13.2. The van der Waals surface area contributed by atoms with Crippen molar-refractivity contribution >= 4 is 23.2 Å². The van der Waals surface area contributed by atoms with Crippen LogP contribution in [0.25, 0.3) is 0 Å². The van der Waals surface area contributed by atoms with Crippen LogP contribution < -0.4 is 43.4 Å². The average molecular weight is 743 g/mol. The Bertz CT molecular complexity index is 1530. The lowest BCUT2D eigenvalue weighted by molar-refractivity contribution is -0.138. The Kier molecular flexibility index (Phi) is 13.8. The van der Waals surface area contributed by atoms with Crippen molar-refractivity contribution in [3.05, 3.63) is 59.7 Å².